The molecule has 3 rings (SSSR count). The molecule has 158 valence electrons. The summed E-state index contributed by atoms with van der Waals surface area (Å²) in [7, 11) is 0. The molecule has 2 aromatic rings. The van der Waals surface area contributed by atoms with E-state index in [4.69, 9.17) is 21.1 Å². The molecule has 30 heavy (non-hydrogen) atoms. The number of hydrogen-bond acceptors (Lipinski definition) is 5. The van der Waals surface area contributed by atoms with Crippen molar-refractivity contribution < 1.29 is 37.0 Å². The Morgan fingerprint density at radius 3 is 2.27 bits per heavy atom. The van der Waals surface area contributed by atoms with Gasteiger partial charge in [0.15, 0.2) is 6.61 Å². The second kappa shape index (κ2) is 8.35. The Labute approximate surface area is 174 Å². The normalized spacial score (nSPS) is 13.4. The highest BCUT2D eigenvalue weighted by molar-refractivity contribution is 6.42. The molecule has 0 saturated carbocycles. The number of hydrogen-bond donors (Lipinski definition) is 0. The summed E-state index contributed by atoms with van der Waals surface area (Å²) >= 11 is 6.03. The van der Waals surface area contributed by atoms with Crippen LogP contribution in [0.1, 0.15) is 33.2 Å². The van der Waals surface area contributed by atoms with Crippen molar-refractivity contribution in [3.8, 4) is 5.75 Å². The van der Waals surface area contributed by atoms with Crippen LogP contribution in [-0.2, 0) is 16.0 Å². The Morgan fingerprint density at radius 1 is 1.03 bits per heavy atom. The molecule has 0 aliphatic carbocycles. The number of anilines is 1. The number of rotatable bonds is 6. The van der Waals surface area contributed by atoms with Crippen LogP contribution in [0.2, 0.25) is 5.02 Å². The number of imide groups is 1. The first-order chi connectivity index (χ1) is 14.1. The molecule has 0 saturated heterocycles. The SMILES string of the molecule is CCOC(=O)Cc1ccc(N2C(=O)c3c(Cl)ccc(OCC(F)(F)F)c3C2=O)cc1. The number of halogens is 4. The lowest BCUT2D eigenvalue weighted by Crippen LogP contribution is -2.29. The Hall–Kier alpha value is -3.07. The summed E-state index contributed by atoms with van der Waals surface area (Å²) in [5.41, 5.74) is 0.219. The van der Waals surface area contributed by atoms with E-state index in [-0.39, 0.29) is 40.6 Å². The summed E-state index contributed by atoms with van der Waals surface area (Å²) in [6.45, 7) is 0.303. The van der Waals surface area contributed by atoms with Gasteiger partial charge in [0.1, 0.15) is 5.75 Å². The molecule has 0 spiro atoms. The Bertz CT molecular complexity index is 1000. The largest absolute Gasteiger partial charge is 0.483 e. The maximum atomic E-state index is 12.9. The zero-order chi connectivity index (χ0) is 22.1. The fraction of sp³-hybridized carbons (Fsp3) is 0.250. The maximum Gasteiger partial charge on any atom is 0.422 e. The van der Waals surface area contributed by atoms with Gasteiger partial charge >= 0.3 is 12.1 Å². The van der Waals surface area contributed by atoms with Crippen LogP contribution in [0.25, 0.3) is 0 Å². The molecular formula is C20H15ClF3NO5. The predicted molar refractivity (Wildman–Crippen MR) is 101 cm³/mol. The van der Waals surface area contributed by atoms with Crippen LogP contribution in [0.3, 0.4) is 0 Å². The first-order valence-electron chi connectivity index (χ1n) is 8.77. The lowest BCUT2D eigenvalue weighted by Gasteiger charge is -2.15. The number of nitrogens with zero attached hydrogens (tertiary/aromatic N) is 1. The molecule has 0 unspecified atom stereocenters. The number of amides is 2. The highest BCUT2D eigenvalue weighted by atomic mass is 35.5. The van der Waals surface area contributed by atoms with E-state index >= 15 is 0 Å². The maximum absolute atomic E-state index is 12.9. The van der Waals surface area contributed by atoms with E-state index in [0.29, 0.717) is 5.56 Å². The first-order valence-corrected chi connectivity index (χ1v) is 9.15. The standard InChI is InChI=1S/C20H15ClF3NO5/c1-2-29-15(26)9-11-3-5-12(6-4-11)25-18(27)16-13(21)7-8-14(17(16)19(25)28)30-10-20(22,23)24/h3-8H,2,9-10H2,1H3. The third-order valence-electron chi connectivity index (χ3n) is 4.19. The quantitative estimate of drug-likeness (QED) is 0.496. The number of carbonyl (C=O) groups excluding carboxylic acids is 3. The summed E-state index contributed by atoms with van der Waals surface area (Å²) in [6.07, 6.45) is -4.61. The molecule has 2 aromatic carbocycles. The molecule has 1 aliphatic rings. The number of alkyl halides is 3. The fourth-order valence-electron chi connectivity index (χ4n) is 2.95. The van der Waals surface area contributed by atoms with Gasteiger partial charge in [-0.2, -0.15) is 13.2 Å². The molecule has 1 aliphatic heterocycles. The first kappa shape index (κ1) is 21.6. The van der Waals surface area contributed by atoms with E-state index in [2.05, 4.69) is 0 Å². The van der Waals surface area contributed by atoms with Crippen LogP contribution in [0.4, 0.5) is 18.9 Å². The summed E-state index contributed by atoms with van der Waals surface area (Å²) in [6, 6.07) is 8.28. The summed E-state index contributed by atoms with van der Waals surface area (Å²) in [5, 5.41) is -0.0795. The fourth-order valence-corrected chi connectivity index (χ4v) is 3.19. The Morgan fingerprint density at radius 2 is 1.67 bits per heavy atom. The number of fused-ring (bicyclic) bond motifs is 1. The third kappa shape index (κ3) is 4.40. The highest BCUT2D eigenvalue weighted by Gasteiger charge is 2.41. The van der Waals surface area contributed by atoms with Crippen LogP contribution in [0, 0.1) is 0 Å². The van der Waals surface area contributed by atoms with E-state index in [1.54, 1.807) is 19.1 Å². The van der Waals surface area contributed by atoms with Crippen molar-refractivity contribution in [3.05, 3.63) is 58.1 Å². The van der Waals surface area contributed by atoms with E-state index in [1.807, 2.05) is 0 Å². The van der Waals surface area contributed by atoms with Gasteiger partial charge in [-0.1, -0.05) is 23.7 Å². The lowest BCUT2D eigenvalue weighted by molar-refractivity contribution is -0.153. The minimum atomic E-state index is -4.62. The smallest absolute Gasteiger partial charge is 0.422 e. The van der Waals surface area contributed by atoms with Crippen molar-refractivity contribution in [1.82, 2.24) is 0 Å². The second-order valence-corrected chi connectivity index (χ2v) is 6.70. The molecule has 1 heterocycles. The van der Waals surface area contributed by atoms with Crippen LogP contribution < -0.4 is 9.64 Å². The minimum absolute atomic E-state index is 0.0114. The van der Waals surface area contributed by atoms with Gasteiger partial charge < -0.3 is 9.47 Å². The third-order valence-corrected chi connectivity index (χ3v) is 4.50. The van der Waals surface area contributed by atoms with Gasteiger partial charge in [-0.15, -0.1) is 0 Å². The average Bonchev–Trinajstić information content (AvgIpc) is 2.93. The van der Waals surface area contributed by atoms with Crippen molar-refractivity contribution >= 4 is 35.1 Å². The molecule has 10 heteroatoms. The van der Waals surface area contributed by atoms with Crippen LogP contribution in [0.5, 0.6) is 5.75 Å². The molecule has 0 radical (unpaired) electrons. The van der Waals surface area contributed by atoms with Crippen molar-refractivity contribution in [1.29, 1.82) is 0 Å². The van der Waals surface area contributed by atoms with Gasteiger partial charge in [-0.3, -0.25) is 14.4 Å². The summed E-state index contributed by atoms with van der Waals surface area (Å²) in [4.78, 5) is 38.0. The minimum Gasteiger partial charge on any atom is -0.483 e. The van der Waals surface area contributed by atoms with Gasteiger partial charge in [0, 0.05) is 0 Å². The molecule has 2 amide bonds. The van der Waals surface area contributed by atoms with Gasteiger partial charge in [0.2, 0.25) is 0 Å². The molecule has 0 aromatic heterocycles. The van der Waals surface area contributed by atoms with E-state index in [9.17, 15) is 27.6 Å². The van der Waals surface area contributed by atoms with Gasteiger partial charge in [-0.05, 0) is 36.8 Å². The topological polar surface area (TPSA) is 72.9 Å². The molecule has 0 atom stereocenters. The Kier molecular flexibility index (Phi) is 6.02. The highest BCUT2D eigenvalue weighted by Crippen LogP contribution is 2.38. The van der Waals surface area contributed by atoms with E-state index < -0.39 is 30.6 Å². The molecule has 0 bridgehead atoms. The lowest BCUT2D eigenvalue weighted by atomic mass is 10.1. The average molecular weight is 442 g/mol. The van der Waals surface area contributed by atoms with Crippen LogP contribution >= 0.6 is 11.6 Å². The van der Waals surface area contributed by atoms with Crippen LogP contribution in [-0.4, -0.2) is 37.2 Å². The predicted octanol–water partition coefficient (Wildman–Crippen LogP) is 4.19. The van der Waals surface area contributed by atoms with Crippen molar-refractivity contribution in [2.75, 3.05) is 18.1 Å². The molecule has 0 N–H and O–H groups in total. The van der Waals surface area contributed by atoms with Gasteiger partial charge in [0.25, 0.3) is 11.8 Å². The second-order valence-electron chi connectivity index (χ2n) is 6.29. The van der Waals surface area contributed by atoms with Gasteiger partial charge in [-0.25, -0.2) is 4.90 Å². The van der Waals surface area contributed by atoms with E-state index in [1.165, 1.54) is 18.2 Å². The summed E-state index contributed by atoms with van der Waals surface area (Å²) in [5.74, 6) is -2.45. The van der Waals surface area contributed by atoms with Crippen molar-refractivity contribution in [3.63, 3.8) is 0 Å². The number of esters is 1. The molecule has 6 nitrogen and oxygen atoms in total. The van der Waals surface area contributed by atoms with Gasteiger partial charge in [0.05, 0.1) is 34.9 Å². The van der Waals surface area contributed by atoms with Crippen molar-refractivity contribution in [2.24, 2.45) is 0 Å². The monoisotopic (exact) mass is 441 g/mol. The van der Waals surface area contributed by atoms with Crippen molar-refractivity contribution in [2.45, 2.75) is 19.5 Å². The number of ether oxygens (including phenoxy) is 2. The number of benzene rings is 2. The molecular weight excluding hydrogens is 427 g/mol. The summed E-state index contributed by atoms with van der Waals surface area (Å²) < 4.78 is 47.1. The van der Waals surface area contributed by atoms with Crippen LogP contribution in [0.15, 0.2) is 36.4 Å². The Balaban J connectivity index is 1.89. The molecule has 0 fully saturated rings. The van der Waals surface area contributed by atoms with E-state index in [0.717, 1.165) is 11.0 Å². The zero-order valence-corrected chi connectivity index (χ0v) is 16.3. The number of carbonyl (C=O) groups is 3. The zero-order valence-electron chi connectivity index (χ0n) is 15.6.